The molecule has 0 aromatic carbocycles. The Kier molecular flexibility index (Phi) is 3.96. The number of nitrogens with one attached hydrogen (secondary N) is 1. The molecule has 6 nitrogen and oxygen atoms in total. The fourth-order valence-electron chi connectivity index (χ4n) is 2.61. The lowest BCUT2D eigenvalue weighted by Crippen LogP contribution is -2.31. The van der Waals surface area contributed by atoms with Crippen LogP contribution in [0.1, 0.15) is 25.7 Å². The summed E-state index contributed by atoms with van der Waals surface area (Å²) in [5.41, 5.74) is -0.0146. The van der Waals surface area contributed by atoms with E-state index in [0.717, 1.165) is 12.8 Å². The Labute approximate surface area is 128 Å². The highest BCUT2D eigenvalue weighted by Gasteiger charge is 2.31. The number of rotatable bonds is 5. The molecule has 1 aliphatic carbocycles. The van der Waals surface area contributed by atoms with Crippen molar-refractivity contribution in [2.75, 3.05) is 17.6 Å². The maximum absolute atomic E-state index is 12.3. The molecular weight excluding hydrogens is 314 g/mol. The number of anilines is 1. The van der Waals surface area contributed by atoms with Gasteiger partial charge < -0.3 is 5.32 Å². The summed E-state index contributed by atoms with van der Waals surface area (Å²) in [7, 11) is -3.03. The zero-order valence-corrected chi connectivity index (χ0v) is 13.2. The topological polar surface area (TPSA) is 81.1 Å². The van der Waals surface area contributed by atoms with Crippen molar-refractivity contribution in [1.29, 1.82) is 0 Å². The summed E-state index contributed by atoms with van der Waals surface area (Å²) in [5, 5.41) is 6.78. The van der Waals surface area contributed by atoms with Crippen LogP contribution in [0.15, 0.2) is 11.0 Å². The summed E-state index contributed by atoms with van der Waals surface area (Å²) in [6.07, 6.45) is 5.01. The van der Waals surface area contributed by atoms with Crippen molar-refractivity contribution in [2.45, 2.75) is 37.5 Å². The molecule has 1 atom stereocenters. The van der Waals surface area contributed by atoms with E-state index in [-0.39, 0.29) is 28.6 Å². The third kappa shape index (κ3) is 3.23. The van der Waals surface area contributed by atoms with Crippen LogP contribution in [-0.4, -0.2) is 35.7 Å². The third-order valence-electron chi connectivity index (χ3n) is 4.09. The lowest BCUT2D eigenvalue weighted by atomic mass is 10.2. The van der Waals surface area contributed by atoms with Crippen LogP contribution < -0.4 is 10.9 Å². The maximum atomic E-state index is 12.3. The van der Waals surface area contributed by atoms with E-state index in [1.165, 1.54) is 10.9 Å². The Hall–Kier alpha value is -1.08. The predicted octanol–water partition coefficient (Wildman–Crippen LogP) is 1.30. The van der Waals surface area contributed by atoms with Gasteiger partial charge in [0.15, 0.2) is 9.84 Å². The molecule has 3 rings (SSSR count). The van der Waals surface area contributed by atoms with Crippen LogP contribution in [0.5, 0.6) is 0 Å². The molecule has 2 fully saturated rings. The monoisotopic (exact) mass is 331 g/mol. The first-order chi connectivity index (χ1) is 9.97. The van der Waals surface area contributed by atoms with Gasteiger partial charge in [-0.25, -0.2) is 13.1 Å². The minimum atomic E-state index is -3.03. The lowest BCUT2D eigenvalue weighted by molar-refractivity contribution is 0.534. The number of aromatic nitrogens is 2. The number of sulfone groups is 1. The fraction of sp³-hybridized carbons (Fsp3) is 0.692. The molecule has 0 radical (unpaired) electrons. The highest BCUT2D eigenvalue weighted by Crippen LogP contribution is 2.30. The first kappa shape index (κ1) is 14.8. The third-order valence-corrected chi connectivity index (χ3v) is 6.66. The minimum absolute atomic E-state index is 0.227. The fourth-order valence-corrected chi connectivity index (χ4v) is 4.56. The van der Waals surface area contributed by atoms with E-state index in [1.54, 1.807) is 0 Å². The molecule has 1 saturated heterocycles. The number of hydrogen-bond donors (Lipinski definition) is 1. The van der Waals surface area contributed by atoms with Gasteiger partial charge in [0.1, 0.15) is 5.69 Å². The van der Waals surface area contributed by atoms with E-state index < -0.39 is 15.1 Å². The van der Waals surface area contributed by atoms with Gasteiger partial charge in [-0.2, -0.15) is 5.10 Å². The molecule has 0 spiro atoms. The van der Waals surface area contributed by atoms with Gasteiger partial charge in [0, 0.05) is 13.1 Å². The molecule has 1 N–H and O–H groups in total. The van der Waals surface area contributed by atoms with Gasteiger partial charge in [-0.05, 0) is 31.6 Å². The largest absolute Gasteiger partial charge is 0.378 e. The average molecular weight is 332 g/mol. The molecular formula is C13H18ClN3O3S. The molecule has 1 aromatic rings. The standard InChI is InChI=1S/C13H18ClN3O3S/c14-11-7-16-17(8-9-3-4-9)13(18)12(11)15-6-10-2-1-5-21(10,19)20/h7,9-10,15H,1-6,8H2. The average Bonchev–Trinajstić information content (AvgIpc) is 3.17. The number of nitrogens with zero attached hydrogens (tertiary/aromatic N) is 2. The first-order valence-corrected chi connectivity index (χ1v) is 9.28. The van der Waals surface area contributed by atoms with E-state index >= 15 is 0 Å². The summed E-state index contributed by atoms with van der Waals surface area (Å²) in [6, 6.07) is 0. The van der Waals surface area contributed by atoms with Gasteiger partial charge in [-0.3, -0.25) is 4.79 Å². The summed E-state index contributed by atoms with van der Waals surface area (Å²) in [5.74, 6) is 0.759. The molecule has 1 aliphatic heterocycles. The Balaban J connectivity index is 1.76. The van der Waals surface area contributed by atoms with E-state index in [0.29, 0.717) is 25.3 Å². The summed E-state index contributed by atoms with van der Waals surface area (Å²) in [4.78, 5) is 12.3. The number of halogens is 1. The normalized spacial score (nSPS) is 24.1. The second-order valence-corrected chi connectivity index (χ2v) is 8.62. The first-order valence-electron chi connectivity index (χ1n) is 7.18. The maximum Gasteiger partial charge on any atom is 0.291 e. The van der Waals surface area contributed by atoms with Crippen molar-refractivity contribution in [3.05, 3.63) is 21.6 Å². The highest BCUT2D eigenvalue weighted by atomic mass is 35.5. The molecule has 1 saturated carbocycles. The summed E-state index contributed by atoms with van der Waals surface area (Å²) < 4.78 is 25.0. The van der Waals surface area contributed by atoms with Crippen LogP contribution in [-0.2, 0) is 16.4 Å². The molecule has 2 heterocycles. The summed E-state index contributed by atoms with van der Waals surface area (Å²) >= 11 is 6.02. The van der Waals surface area contributed by atoms with Crippen molar-refractivity contribution >= 4 is 27.1 Å². The van der Waals surface area contributed by atoms with Crippen LogP contribution in [0.3, 0.4) is 0 Å². The van der Waals surface area contributed by atoms with Gasteiger partial charge in [-0.1, -0.05) is 11.6 Å². The zero-order chi connectivity index (χ0) is 15.0. The van der Waals surface area contributed by atoms with Crippen LogP contribution in [0, 0.1) is 5.92 Å². The van der Waals surface area contributed by atoms with Crippen LogP contribution in [0.4, 0.5) is 5.69 Å². The van der Waals surface area contributed by atoms with Crippen LogP contribution >= 0.6 is 11.6 Å². The van der Waals surface area contributed by atoms with E-state index in [9.17, 15) is 13.2 Å². The second kappa shape index (κ2) is 5.61. The smallest absolute Gasteiger partial charge is 0.291 e. The van der Waals surface area contributed by atoms with E-state index in [4.69, 9.17) is 11.6 Å². The molecule has 21 heavy (non-hydrogen) atoms. The Morgan fingerprint density at radius 1 is 1.38 bits per heavy atom. The number of hydrogen-bond acceptors (Lipinski definition) is 5. The van der Waals surface area contributed by atoms with Crippen molar-refractivity contribution in [1.82, 2.24) is 9.78 Å². The minimum Gasteiger partial charge on any atom is -0.378 e. The van der Waals surface area contributed by atoms with Crippen molar-refractivity contribution in [3.8, 4) is 0 Å². The molecule has 1 unspecified atom stereocenters. The van der Waals surface area contributed by atoms with Gasteiger partial charge in [0.05, 0.1) is 22.2 Å². The van der Waals surface area contributed by atoms with E-state index in [2.05, 4.69) is 10.4 Å². The van der Waals surface area contributed by atoms with Gasteiger partial charge in [0.25, 0.3) is 5.56 Å². The summed E-state index contributed by atoms with van der Waals surface area (Å²) in [6.45, 7) is 0.831. The zero-order valence-electron chi connectivity index (χ0n) is 11.6. The molecule has 8 heteroatoms. The highest BCUT2D eigenvalue weighted by molar-refractivity contribution is 7.92. The molecule has 0 bridgehead atoms. The Morgan fingerprint density at radius 3 is 2.76 bits per heavy atom. The van der Waals surface area contributed by atoms with E-state index in [1.807, 2.05) is 0 Å². The SMILES string of the molecule is O=c1c(NCC2CCCS2(=O)=O)c(Cl)cnn1CC1CC1. The van der Waals surface area contributed by atoms with Crippen molar-refractivity contribution in [3.63, 3.8) is 0 Å². The Morgan fingerprint density at radius 2 is 2.14 bits per heavy atom. The molecule has 0 amide bonds. The lowest BCUT2D eigenvalue weighted by Gasteiger charge is -2.13. The molecule has 2 aliphatic rings. The van der Waals surface area contributed by atoms with Gasteiger partial charge >= 0.3 is 0 Å². The van der Waals surface area contributed by atoms with Crippen molar-refractivity contribution in [2.24, 2.45) is 5.92 Å². The quantitative estimate of drug-likeness (QED) is 0.879. The molecule has 116 valence electrons. The van der Waals surface area contributed by atoms with Gasteiger partial charge in [-0.15, -0.1) is 0 Å². The van der Waals surface area contributed by atoms with Crippen LogP contribution in [0.25, 0.3) is 0 Å². The predicted molar refractivity (Wildman–Crippen MR) is 81.5 cm³/mol. The molecule has 1 aromatic heterocycles. The second-order valence-electron chi connectivity index (χ2n) is 5.81. The van der Waals surface area contributed by atoms with Gasteiger partial charge in [0.2, 0.25) is 0 Å². The van der Waals surface area contributed by atoms with Crippen molar-refractivity contribution < 1.29 is 8.42 Å². The van der Waals surface area contributed by atoms with Crippen LogP contribution in [0.2, 0.25) is 5.02 Å². The Bertz CT molecular complexity index is 697.